The summed E-state index contributed by atoms with van der Waals surface area (Å²) in [5.41, 5.74) is 0. The molecule has 1 aliphatic heterocycles. The Morgan fingerprint density at radius 3 is 2.25 bits per heavy atom. The number of hydrogen-bond acceptors (Lipinski definition) is 3. The lowest BCUT2D eigenvalue weighted by molar-refractivity contribution is -0.226. The van der Waals surface area contributed by atoms with Crippen LogP contribution in [0.2, 0.25) is 18.1 Å². The van der Waals surface area contributed by atoms with E-state index in [2.05, 4.69) is 27.7 Å². The van der Waals surface area contributed by atoms with Crippen LogP contribution in [0.3, 0.4) is 0 Å². The first-order valence-corrected chi connectivity index (χ1v) is 10.7. The van der Waals surface area contributed by atoms with Crippen LogP contribution in [-0.2, 0) is 13.9 Å². The zero-order valence-corrected chi connectivity index (χ0v) is 15.1. The Hall–Kier alpha value is -0.483. The molecule has 1 unspecified atom stereocenters. The minimum atomic E-state index is -1.66. The van der Waals surface area contributed by atoms with Crippen LogP contribution < -0.4 is 0 Å². The minimum Gasteiger partial charge on any atom is -0.543 e. The number of hydrogen-bond donors (Lipinski definition) is 0. The molecule has 0 bridgehead atoms. The largest absolute Gasteiger partial charge is 0.543 e. The highest BCUT2D eigenvalue weighted by molar-refractivity contribution is 6.73. The van der Waals surface area contributed by atoms with Gasteiger partial charge < -0.3 is 13.9 Å². The molecule has 0 saturated carbocycles. The molecule has 0 aromatic heterocycles. The predicted molar refractivity (Wildman–Crippen MR) is 85.9 cm³/mol. The molecule has 20 heavy (non-hydrogen) atoms. The van der Waals surface area contributed by atoms with Crippen molar-refractivity contribution in [2.24, 2.45) is 0 Å². The van der Waals surface area contributed by atoms with E-state index in [1.54, 1.807) is 0 Å². The van der Waals surface area contributed by atoms with Gasteiger partial charge in [0.25, 0.3) is 0 Å². The molecule has 0 aliphatic carbocycles. The SMILES string of the molecule is CCCCC1OC(C)(C)OC=C1O[Si](CC)(CC)CC. The van der Waals surface area contributed by atoms with Crippen molar-refractivity contribution in [1.29, 1.82) is 0 Å². The maximum Gasteiger partial charge on any atom is 0.250 e. The van der Waals surface area contributed by atoms with Crippen LogP contribution in [0.4, 0.5) is 0 Å². The van der Waals surface area contributed by atoms with Gasteiger partial charge in [0.15, 0.2) is 0 Å². The molecule has 0 saturated heterocycles. The van der Waals surface area contributed by atoms with Crippen molar-refractivity contribution < 1.29 is 13.9 Å². The second kappa shape index (κ2) is 7.50. The van der Waals surface area contributed by atoms with Gasteiger partial charge in [-0.25, -0.2) is 0 Å². The van der Waals surface area contributed by atoms with Crippen LogP contribution in [0.25, 0.3) is 0 Å². The molecule has 0 N–H and O–H groups in total. The molecule has 3 nitrogen and oxygen atoms in total. The fraction of sp³-hybridized carbons (Fsp3) is 0.875. The summed E-state index contributed by atoms with van der Waals surface area (Å²) in [6, 6.07) is 3.42. The van der Waals surface area contributed by atoms with Gasteiger partial charge in [0, 0.05) is 13.8 Å². The van der Waals surface area contributed by atoms with E-state index in [0.717, 1.165) is 36.7 Å². The van der Waals surface area contributed by atoms with Crippen molar-refractivity contribution >= 4 is 8.32 Å². The molecule has 4 heteroatoms. The van der Waals surface area contributed by atoms with Crippen molar-refractivity contribution in [2.45, 2.75) is 90.8 Å². The van der Waals surface area contributed by atoms with Gasteiger partial charge in [-0.1, -0.05) is 40.5 Å². The Bertz CT molecular complexity index is 313. The van der Waals surface area contributed by atoms with E-state index >= 15 is 0 Å². The van der Waals surface area contributed by atoms with Crippen LogP contribution in [0.1, 0.15) is 60.8 Å². The van der Waals surface area contributed by atoms with Crippen LogP contribution in [0.15, 0.2) is 12.0 Å². The lowest BCUT2D eigenvalue weighted by Gasteiger charge is -2.39. The molecule has 1 heterocycles. The third-order valence-electron chi connectivity index (χ3n) is 4.29. The Morgan fingerprint density at radius 2 is 1.75 bits per heavy atom. The van der Waals surface area contributed by atoms with Gasteiger partial charge in [0.05, 0.1) is 0 Å². The fourth-order valence-corrected chi connectivity index (χ4v) is 5.21. The number of unbranched alkanes of at least 4 members (excludes halogenated alkanes) is 1. The standard InChI is InChI=1S/C16H32O3Si/c1-7-11-12-14-15(13-17-16(5,6)18-14)19-20(8-2,9-3)10-4/h13-14H,7-12H2,1-6H3. The Balaban J connectivity index is 2.85. The quantitative estimate of drug-likeness (QED) is 0.577. The smallest absolute Gasteiger partial charge is 0.250 e. The van der Waals surface area contributed by atoms with Crippen molar-refractivity contribution in [3.05, 3.63) is 12.0 Å². The third kappa shape index (κ3) is 4.52. The summed E-state index contributed by atoms with van der Waals surface area (Å²) in [6.07, 6.45) is 5.20. The van der Waals surface area contributed by atoms with Gasteiger partial charge in [-0.15, -0.1) is 0 Å². The van der Waals surface area contributed by atoms with Crippen LogP contribution >= 0.6 is 0 Å². The van der Waals surface area contributed by atoms with Gasteiger partial charge in [-0.05, 0) is 24.6 Å². The lowest BCUT2D eigenvalue weighted by Crippen LogP contribution is -2.43. The Kier molecular flexibility index (Phi) is 6.59. The molecule has 0 radical (unpaired) electrons. The molecule has 118 valence electrons. The summed E-state index contributed by atoms with van der Waals surface area (Å²) in [5.74, 6) is 0.384. The summed E-state index contributed by atoms with van der Waals surface area (Å²) in [7, 11) is -1.66. The van der Waals surface area contributed by atoms with E-state index in [4.69, 9.17) is 13.9 Å². The first-order valence-electron chi connectivity index (χ1n) is 8.16. The first kappa shape index (κ1) is 17.6. The molecule has 0 aromatic carbocycles. The average Bonchev–Trinajstić information content (AvgIpc) is 2.44. The van der Waals surface area contributed by atoms with E-state index in [0.29, 0.717) is 0 Å². The van der Waals surface area contributed by atoms with Crippen molar-refractivity contribution in [3.63, 3.8) is 0 Å². The summed E-state index contributed by atoms with van der Waals surface area (Å²) >= 11 is 0. The highest BCUT2D eigenvalue weighted by Gasteiger charge is 2.38. The molecule has 0 amide bonds. The zero-order chi connectivity index (χ0) is 15.2. The van der Waals surface area contributed by atoms with Gasteiger partial charge >= 0.3 is 0 Å². The van der Waals surface area contributed by atoms with Crippen molar-refractivity contribution in [2.75, 3.05) is 0 Å². The zero-order valence-electron chi connectivity index (χ0n) is 14.1. The molecular weight excluding hydrogens is 268 g/mol. The van der Waals surface area contributed by atoms with Crippen LogP contribution in [0.5, 0.6) is 0 Å². The normalized spacial score (nSPS) is 22.1. The molecule has 1 atom stereocenters. The van der Waals surface area contributed by atoms with E-state index in [1.165, 1.54) is 6.42 Å². The summed E-state index contributed by atoms with van der Waals surface area (Å²) in [5, 5.41) is 0. The topological polar surface area (TPSA) is 27.7 Å². The monoisotopic (exact) mass is 300 g/mol. The van der Waals surface area contributed by atoms with E-state index in [1.807, 2.05) is 20.1 Å². The third-order valence-corrected chi connectivity index (χ3v) is 8.82. The van der Waals surface area contributed by atoms with Crippen molar-refractivity contribution in [3.8, 4) is 0 Å². The summed E-state index contributed by atoms with van der Waals surface area (Å²) < 4.78 is 18.2. The highest BCUT2D eigenvalue weighted by Crippen LogP contribution is 2.33. The maximum atomic E-state index is 6.48. The molecule has 0 aromatic rings. The lowest BCUT2D eigenvalue weighted by atomic mass is 10.1. The maximum absolute atomic E-state index is 6.48. The molecular formula is C16H32O3Si. The fourth-order valence-electron chi connectivity index (χ4n) is 2.60. The van der Waals surface area contributed by atoms with Crippen molar-refractivity contribution in [1.82, 2.24) is 0 Å². The Morgan fingerprint density at radius 1 is 1.15 bits per heavy atom. The van der Waals surface area contributed by atoms with Crippen LogP contribution in [-0.4, -0.2) is 20.2 Å². The second-order valence-electron chi connectivity index (χ2n) is 6.13. The summed E-state index contributed by atoms with van der Waals surface area (Å²) in [4.78, 5) is 0. The predicted octanol–water partition coefficient (Wildman–Crippen LogP) is 5.19. The van der Waals surface area contributed by atoms with Gasteiger partial charge in [0.1, 0.15) is 18.1 Å². The molecule has 1 rings (SSSR count). The molecule has 0 fully saturated rings. The van der Waals surface area contributed by atoms with Gasteiger partial charge in [-0.2, -0.15) is 0 Å². The second-order valence-corrected chi connectivity index (χ2v) is 10.8. The van der Waals surface area contributed by atoms with E-state index < -0.39 is 14.1 Å². The molecule has 0 spiro atoms. The summed E-state index contributed by atoms with van der Waals surface area (Å²) in [6.45, 7) is 12.9. The molecule has 1 aliphatic rings. The Labute approximate surface area is 125 Å². The van der Waals surface area contributed by atoms with E-state index in [-0.39, 0.29) is 6.10 Å². The number of ether oxygens (including phenoxy) is 2. The number of rotatable bonds is 8. The van der Waals surface area contributed by atoms with E-state index in [9.17, 15) is 0 Å². The first-order chi connectivity index (χ1) is 9.42. The van der Waals surface area contributed by atoms with Gasteiger partial charge in [0.2, 0.25) is 14.1 Å². The highest BCUT2D eigenvalue weighted by atomic mass is 28.4. The average molecular weight is 301 g/mol. The van der Waals surface area contributed by atoms with Crippen LogP contribution in [0, 0.1) is 0 Å². The minimum absolute atomic E-state index is 0.0511. The van der Waals surface area contributed by atoms with Gasteiger partial charge in [-0.3, -0.25) is 0 Å².